The SMILES string of the molecule is CC(C)C(CCl)Nc1cnc2ccccc2n1. The summed E-state index contributed by atoms with van der Waals surface area (Å²) in [5, 5.41) is 3.31. The second-order valence-corrected chi connectivity index (χ2v) is 4.70. The van der Waals surface area contributed by atoms with E-state index in [0.29, 0.717) is 11.8 Å². The number of nitrogens with zero attached hydrogens (tertiary/aromatic N) is 2. The zero-order chi connectivity index (χ0) is 12.3. The van der Waals surface area contributed by atoms with E-state index in [1.54, 1.807) is 6.20 Å². The van der Waals surface area contributed by atoms with Crippen LogP contribution in [0.15, 0.2) is 30.5 Å². The molecule has 0 saturated heterocycles. The van der Waals surface area contributed by atoms with Gasteiger partial charge in [-0.1, -0.05) is 26.0 Å². The fourth-order valence-electron chi connectivity index (χ4n) is 1.60. The van der Waals surface area contributed by atoms with Crippen LogP contribution in [0.25, 0.3) is 11.0 Å². The molecule has 0 saturated carbocycles. The number of anilines is 1. The summed E-state index contributed by atoms with van der Waals surface area (Å²) in [5.41, 5.74) is 1.81. The Morgan fingerprint density at radius 3 is 2.59 bits per heavy atom. The van der Waals surface area contributed by atoms with Gasteiger partial charge in [0, 0.05) is 11.9 Å². The molecule has 1 aromatic heterocycles. The van der Waals surface area contributed by atoms with Crippen LogP contribution in [0.3, 0.4) is 0 Å². The molecule has 1 atom stereocenters. The summed E-state index contributed by atoms with van der Waals surface area (Å²) in [6.07, 6.45) is 1.75. The number of hydrogen-bond acceptors (Lipinski definition) is 3. The van der Waals surface area contributed by atoms with Gasteiger partial charge in [-0.2, -0.15) is 0 Å². The summed E-state index contributed by atoms with van der Waals surface area (Å²) in [4.78, 5) is 8.87. The Labute approximate surface area is 106 Å². The van der Waals surface area contributed by atoms with E-state index in [4.69, 9.17) is 11.6 Å². The lowest BCUT2D eigenvalue weighted by molar-refractivity contribution is 0.562. The highest BCUT2D eigenvalue weighted by molar-refractivity contribution is 6.18. The van der Waals surface area contributed by atoms with Gasteiger partial charge in [-0.3, -0.25) is 4.98 Å². The number of halogens is 1. The Kier molecular flexibility index (Phi) is 3.79. The number of para-hydroxylation sites is 2. The standard InChI is InChI=1S/C13H16ClN3/c1-9(2)12(7-14)17-13-8-15-10-5-3-4-6-11(10)16-13/h3-6,8-9,12H,7H2,1-2H3,(H,16,17). The van der Waals surface area contributed by atoms with Gasteiger partial charge in [0.1, 0.15) is 5.82 Å². The zero-order valence-corrected chi connectivity index (χ0v) is 10.8. The monoisotopic (exact) mass is 249 g/mol. The molecule has 0 amide bonds. The molecule has 1 heterocycles. The summed E-state index contributed by atoms with van der Waals surface area (Å²) < 4.78 is 0. The Hall–Kier alpha value is -1.35. The summed E-state index contributed by atoms with van der Waals surface area (Å²) in [6.45, 7) is 4.27. The third-order valence-corrected chi connectivity index (χ3v) is 3.09. The summed E-state index contributed by atoms with van der Waals surface area (Å²) in [7, 11) is 0. The zero-order valence-electron chi connectivity index (χ0n) is 10.0. The molecule has 3 nitrogen and oxygen atoms in total. The lowest BCUT2D eigenvalue weighted by Crippen LogP contribution is -2.27. The molecule has 1 unspecified atom stereocenters. The maximum absolute atomic E-state index is 5.92. The fraction of sp³-hybridized carbons (Fsp3) is 0.385. The number of rotatable bonds is 4. The maximum Gasteiger partial charge on any atom is 0.145 e. The molecule has 0 bridgehead atoms. The molecule has 2 aromatic rings. The number of fused-ring (bicyclic) bond motifs is 1. The van der Waals surface area contributed by atoms with Crippen LogP contribution in [0, 0.1) is 5.92 Å². The van der Waals surface area contributed by atoms with Crippen molar-refractivity contribution >= 4 is 28.5 Å². The third-order valence-electron chi connectivity index (χ3n) is 2.75. The normalized spacial score (nSPS) is 12.9. The molecule has 4 heteroatoms. The van der Waals surface area contributed by atoms with Crippen molar-refractivity contribution in [2.24, 2.45) is 5.92 Å². The van der Waals surface area contributed by atoms with Crippen LogP contribution >= 0.6 is 11.6 Å². The maximum atomic E-state index is 5.92. The second kappa shape index (κ2) is 5.32. The van der Waals surface area contributed by atoms with Crippen molar-refractivity contribution in [2.75, 3.05) is 11.2 Å². The van der Waals surface area contributed by atoms with Crippen LogP contribution in [0.2, 0.25) is 0 Å². The molecule has 0 fully saturated rings. The van der Waals surface area contributed by atoms with Crippen LogP contribution in [0.4, 0.5) is 5.82 Å². The van der Waals surface area contributed by atoms with E-state index in [1.165, 1.54) is 0 Å². The highest BCUT2D eigenvalue weighted by atomic mass is 35.5. The Balaban J connectivity index is 2.24. The van der Waals surface area contributed by atoms with Crippen molar-refractivity contribution in [3.05, 3.63) is 30.5 Å². The molecular formula is C13H16ClN3. The number of aromatic nitrogens is 2. The van der Waals surface area contributed by atoms with Gasteiger partial charge < -0.3 is 5.32 Å². The van der Waals surface area contributed by atoms with Crippen molar-refractivity contribution < 1.29 is 0 Å². The van der Waals surface area contributed by atoms with Gasteiger partial charge in [-0.25, -0.2) is 4.98 Å². The quantitative estimate of drug-likeness (QED) is 0.845. The van der Waals surface area contributed by atoms with Gasteiger partial charge in [0.2, 0.25) is 0 Å². The van der Waals surface area contributed by atoms with E-state index in [-0.39, 0.29) is 6.04 Å². The molecule has 1 aromatic carbocycles. The molecule has 0 aliphatic carbocycles. The smallest absolute Gasteiger partial charge is 0.145 e. The third kappa shape index (κ3) is 2.86. The highest BCUT2D eigenvalue weighted by Crippen LogP contribution is 2.14. The van der Waals surface area contributed by atoms with Gasteiger partial charge in [-0.05, 0) is 18.1 Å². The lowest BCUT2D eigenvalue weighted by atomic mass is 10.1. The molecule has 1 N–H and O–H groups in total. The molecule has 0 spiro atoms. The van der Waals surface area contributed by atoms with Gasteiger partial charge in [-0.15, -0.1) is 11.6 Å². The Bertz CT molecular complexity index is 499. The predicted molar refractivity (Wildman–Crippen MR) is 72.5 cm³/mol. The molecule has 2 rings (SSSR count). The van der Waals surface area contributed by atoms with E-state index in [9.17, 15) is 0 Å². The molecular weight excluding hydrogens is 234 g/mol. The van der Waals surface area contributed by atoms with Gasteiger partial charge in [0.05, 0.1) is 17.2 Å². The summed E-state index contributed by atoms with van der Waals surface area (Å²) in [5.74, 6) is 1.80. The average molecular weight is 250 g/mol. The van der Waals surface area contributed by atoms with E-state index in [1.807, 2.05) is 24.3 Å². The van der Waals surface area contributed by atoms with Crippen molar-refractivity contribution in [3.63, 3.8) is 0 Å². The Morgan fingerprint density at radius 2 is 1.94 bits per heavy atom. The molecule has 0 radical (unpaired) electrons. The van der Waals surface area contributed by atoms with E-state index < -0.39 is 0 Å². The van der Waals surface area contributed by atoms with E-state index >= 15 is 0 Å². The molecule has 17 heavy (non-hydrogen) atoms. The summed E-state index contributed by atoms with van der Waals surface area (Å²) >= 11 is 5.92. The molecule has 0 aliphatic heterocycles. The van der Waals surface area contributed by atoms with Gasteiger partial charge >= 0.3 is 0 Å². The average Bonchev–Trinajstić information content (AvgIpc) is 2.35. The van der Waals surface area contributed by atoms with Crippen LogP contribution in [0.5, 0.6) is 0 Å². The van der Waals surface area contributed by atoms with Crippen molar-refractivity contribution in [2.45, 2.75) is 19.9 Å². The second-order valence-electron chi connectivity index (χ2n) is 4.39. The van der Waals surface area contributed by atoms with Crippen molar-refractivity contribution in [1.29, 1.82) is 0 Å². The number of alkyl halides is 1. The summed E-state index contributed by atoms with van der Waals surface area (Å²) in [6, 6.07) is 8.04. The van der Waals surface area contributed by atoms with Crippen molar-refractivity contribution in [3.8, 4) is 0 Å². The number of nitrogens with one attached hydrogen (secondary N) is 1. The van der Waals surface area contributed by atoms with Crippen molar-refractivity contribution in [1.82, 2.24) is 9.97 Å². The largest absolute Gasteiger partial charge is 0.365 e. The first-order valence-electron chi connectivity index (χ1n) is 5.75. The van der Waals surface area contributed by atoms with Gasteiger partial charge in [0.25, 0.3) is 0 Å². The fourth-order valence-corrected chi connectivity index (χ4v) is 2.03. The topological polar surface area (TPSA) is 37.8 Å². The first kappa shape index (κ1) is 12.1. The number of hydrogen-bond donors (Lipinski definition) is 1. The van der Waals surface area contributed by atoms with Crippen LogP contribution < -0.4 is 5.32 Å². The van der Waals surface area contributed by atoms with Gasteiger partial charge in [0.15, 0.2) is 0 Å². The lowest BCUT2D eigenvalue weighted by Gasteiger charge is -2.20. The Morgan fingerprint density at radius 1 is 1.24 bits per heavy atom. The minimum absolute atomic E-state index is 0.215. The molecule has 90 valence electrons. The van der Waals surface area contributed by atoms with Crippen LogP contribution in [0.1, 0.15) is 13.8 Å². The van der Waals surface area contributed by atoms with E-state index in [0.717, 1.165) is 16.9 Å². The highest BCUT2D eigenvalue weighted by Gasteiger charge is 2.12. The minimum Gasteiger partial charge on any atom is -0.365 e. The predicted octanol–water partition coefficient (Wildman–Crippen LogP) is 3.31. The first-order valence-corrected chi connectivity index (χ1v) is 6.28. The van der Waals surface area contributed by atoms with Crippen LogP contribution in [-0.2, 0) is 0 Å². The van der Waals surface area contributed by atoms with Crippen LogP contribution in [-0.4, -0.2) is 21.9 Å². The number of benzene rings is 1. The first-order chi connectivity index (χ1) is 8.20. The van der Waals surface area contributed by atoms with E-state index in [2.05, 4.69) is 29.1 Å². The minimum atomic E-state index is 0.215. The molecule has 0 aliphatic rings.